The van der Waals surface area contributed by atoms with Gasteiger partial charge in [-0.1, -0.05) is 105 Å². The molecule has 0 bridgehead atoms. The lowest BCUT2D eigenvalue weighted by atomic mass is 9.82. The molecule has 2 aliphatic rings. The lowest BCUT2D eigenvalue weighted by molar-refractivity contribution is -0.127. The normalized spacial score (nSPS) is 17.6. The van der Waals surface area contributed by atoms with E-state index in [0.717, 1.165) is 60.9 Å². The van der Waals surface area contributed by atoms with Gasteiger partial charge in [0.05, 0.1) is 11.0 Å². The van der Waals surface area contributed by atoms with Gasteiger partial charge < -0.3 is 9.88 Å². The van der Waals surface area contributed by atoms with E-state index in [0.29, 0.717) is 11.1 Å². The monoisotopic (exact) mass is 519 g/mol. The largest absolute Gasteiger partial charge is 0.352 e. The van der Waals surface area contributed by atoms with Gasteiger partial charge in [0.2, 0.25) is 5.91 Å². The van der Waals surface area contributed by atoms with Crippen molar-refractivity contribution < 1.29 is 9.59 Å². The van der Waals surface area contributed by atoms with Crippen LogP contribution in [0.2, 0.25) is 0 Å². The Kier molecular flexibility index (Phi) is 7.57. The minimum Gasteiger partial charge on any atom is -0.352 e. The van der Waals surface area contributed by atoms with Crippen LogP contribution in [0.3, 0.4) is 0 Å². The number of ketones is 1. The van der Waals surface area contributed by atoms with E-state index in [9.17, 15) is 9.59 Å². The number of para-hydroxylation sites is 2. The van der Waals surface area contributed by atoms with Crippen LogP contribution >= 0.6 is 0 Å². The molecule has 0 radical (unpaired) electrons. The van der Waals surface area contributed by atoms with Gasteiger partial charge in [0.1, 0.15) is 11.9 Å². The van der Waals surface area contributed by atoms with Gasteiger partial charge in [-0.05, 0) is 43.7 Å². The maximum absolute atomic E-state index is 14.1. The highest BCUT2D eigenvalue weighted by atomic mass is 16.2. The van der Waals surface area contributed by atoms with Crippen LogP contribution in [0.1, 0.15) is 86.2 Å². The number of hydrogen-bond donors (Lipinski definition) is 1. The van der Waals surface area contributed by atoms with Gasteiger partial charge in [0.15, 0.2) is 5.78 Å². The number of amides is 1. The Morgan fingerprint density at radius 2 is 1.33 bits per heavy atom. The number of nitrogens with one attached hydrogen (secondary N) is 1. The van der Waals surface area contributed by atoms with Gasteiger partial charge in [0, 0.05) is 22.7 Å². The van der Waals surface area contributed by atoms with Crippen LogP contribution in [0.25, 0.3) is 22.4 Å². The molecule has 1 aromatic heterocycles. The van der Waals surface area contributed by atoms with Crippen molar-refractivity contribution in [2.24, 2.45) is 5.92 Å². The van der Waals surface area contributed by atoms with E-state index in [1.165, 1.54) is 25.7 Å². The predicted molar refractivity (Wildman–Crippen MR) is 156 cm³/mol. The highest BCUT2D eigenvalue weighted by molar-refractivity contribution is 6.09. The van der Waals surface area contributed by atoms with Crippen molar-refractivity contribution in [1.29, 1.82) is 0 Å². The Hall–Kier alpha value is -3.73. The lowest BCUT2D eigenvalue weighted by Gasteiger charge is -2.33. The zero-order chi connectivity index (χ0) is 26.6. The summed E-state index contributed by atoms with van der Waals surface area (Å²) in [5.74, 6) is 1.21. The number of aromatic nitrogens is 2. The SMILES string of the molecule is O=C(c1ccccc1)c1ccc(-c2nc3ccccc3n2C(C(=O)NC2CCCCC2)C2CCCCC2)cc1. The minimum atomic E-state index is -0.305. The molecule has 200 valence electrons. The number of nitrogens with zero attached hydrogens (tertiary/aromatic N) is 2. The number of benzene rings is 3. The van der Waals surface area contributed by atoms with E-state index < -0.39 is 0 Å². The number of imidazole rings is 1. The van der Waals surface area contributed by atoms with Gasteiger partial charge in [0.25, 0.3) is 0 Å². The molecule has 1 atom stereocenters. The molecule has 4 aromatic rings. The number of carbonyl (C=O) groups excluding carboxylic acids is 2. The standard InChI is InChI=1S/C34H37N3O2/c38-32(25-14-6-2-7-15-25)26-20-22-27(23-21-26)33-36-29-18-10-11-19-30(29)37(33)31(24-12-4-1-5-13-24)34(39)35-28-16-8-3-9-17-28/h2,6-7,10-11,14-15,18-24,28,31H,1,3-5,8-9,12-13,16-17H2,(H,35,39). The summed E-state index contributed by atoms with van der Waals surface area (Å²) in [6, 6.07) is 25.2. The van der Waals surface area contributed by atoms with Gasteiger partial charge in [-0.2, -0.15) is 0 Å². The Bertz CT molecular complexity index is 1430. The van der Waals surface area contributed by atoms with Crippen LogP contribution in [-0.4, -0.2) is 27.3 Å². The van der Waals surface area contributed by atoms with E-state index in [1.54, 1.807) is 0 Å². The van der Waals surface area contributed by atoms with E-state index in [-0.39, 0.29) is 29.7 Å². The van der Waals surface area contributed by atoms with Gasteiger partial charge in [-0.3, -0.25) is 9.59 Å². The fourth-order valence-corrected chi connectivity index (χ4v) is 6.58. The molecule has 3 aromatic carbocycles. The third kappa shape index (κ3) is 5.40. The first-order valence-corrected chi connectivity index (χ1v) is 14.7. The van der Waals surface area contributed by atoms with E-state index in [4.69, 9.17) is 4.98 Å². The van der Waals surface area contributed by atoms with E-state index in [2.05, 4.69) is 16.0 Å². The fourth-order valence-electron chi connectivity index (χ4n) is 6.58. The zero-order valence-corrected chi connectivity index (χ0v) is 22.5. The Morgan fingerprint density at radius 1 is 0.718 bits per heavy atom. The smallest absolute Gasteiger partial charge is 0.243 e. The summed E-state index contributed by atoms with van der Waals surface area (Å²) < 4.78 is 2.21. The van der Waals surface area contributed by atoms with Crippen molar-refractivity contribution in [2.45, 2.75) is 76.3 Å². The number of rotatable bonds is 7. The molecule has 0 spiro atoms. The molecule has 6 rings (SSSR count). The van der Waals surface area contributed by atoms with Gasteiger partial charge >= 0.3 is 0 Å². The molecule has 2 aliphatic carbocycles. The molecule has 39 heavy (non-hydrogen) atoms. The first-order chi connectivity index (χ1) is 19.2. The predicted octanol–water partition coefficient (Wildman–Crippen LogP) is 7.50. The second kappa shape index (κ2) is 11.6. The maximum Gasteiger partial charge on any atom is 0.243 e. The quantitative estimate of drug-likeness (QED) is 0.257. The fraction of sp³-hybridized carbons (Fsp3) is 0.382. The van der Waals surface area contributed by atoms with E-state index in [1.807, 2.05) is 72.8 Å². The van der Waals surface area contributed by atoms with Crippen molar-refractivity contribution in [3.05, 3.63) is 90.0 Å². The molecule has 1 amide bonds. The van der Waals surface area contributed by atoms with Crippen LogP contribution in [0, 0.1) is 5.92 Å². The Balaban J connectivity index is 1.40. The van der Waals surface area contributed by atoms with Crippen LogP contribution in [0.5, 0.6) is 0 Å². The molecule has 5 heteroatoms. The second-order valence-corrected chi connectivity index (χ2v) is 11.3. The molecular weight excluding hydrogens is 482 g/mol. The van der Waals surface area contributed by atoms with Crippen molar-refractivity contribution in [3.63, 3.8) is 0 Å². The van der Waals surface area contributed by atoms with Crippen LogP contribution in [0.15, 0.2) is 78.9 Å². The summed E-state index contributed by atoms with van der Waals surface area (Å²) in [5.41, 5.74) is 4.12. The Morgan fingerprint density at radius 3 is 2.05 bits per heavy atom. The summed E-state index contributed by atoms with van der Waals surface area (Å²) in [4.78, 5) is 32.2. The average molecular weight is 520 g/mol. The highest BCUT2D eigenvalue weighted by Gasteiger charge is 2.35. The van der Waals surface area contributed by atoms with Gasteiger partial charge in [-0.25, -0.2) is 4.98 Å². The molecular formula is C34H37N3O2. The minimum absolute atomic E-state index is 0.00240. The van der Waals surface area contributed by atoms with Gasteiger partial charge in [-0.15, -0.1) is 0 Å². The molecule has 1 heterocycles. The number of carbonyl (C=O) groups is 2. The Labute approximate surface area is 230 Å². The van der Waals surface area contributed by atoms with Crippen molar-refractivity contribution in [2.75, 3.05) is 0 Å². The first-order valence-electron chi connectivity index (χ1n) is 14.7. The van der Waals surface area contributed by atoms with Crippen molar-refractivity contribution >= 4 is 22.7 Å². The summed E-state index contributed by atoms with van der Waals surface area (Å²) in [6.07, 6.45) is 11.4. The summed E-state index contributed by atoms with van der Waals surface area (Å²) in [7, 11) is 0. The van der Waals surface area contributed by atoms with Crippen molar-refractivity contribution in [3.8, 4) is 11.4 Å². The number of fused-ring (bicyclic) bond motifs is 1. The average Bonchev–Trinajstić information content (AvgIpc) is 3.38. The lowest BCUT2D eigenvalue weighted by Crippen LogP contribution is -2.43. The van der Waals surface area contributed by atoms with Crippen LogP contribution in [-0.2, 0) is 4.79 Å². The summed E-state index contributed by atoms with van der Waals surface area (Å²) in [5, 5.41) is 3.46. The molecule has 2 saturated carbocycles. The second-order valence-electron chi connectivity index (χ2n) is 11.3. The zero-order valence-electron chi connectivity index (χ0n) is 22.5. The van der Waals surface area contributed by atoms with Crippen LogP contribution in [0.4, 0.5) is 0 Å². The topological polar surface area (TPSA) is 64.0 Å². The highest BCUT2D eigenvalue weighted by Crippen LogP contribution is 2.38. The molecule has 5 nitrogen and oxygen atoms in total. The first kappa shape index (κ1) is 25.5. The van der Waals surface area contributed by atoms with E-state index >= 15 is 0 Å². The number of hydrogen-bond acceptors (Lipinski definition) is 3. The molecule has 0 saturated heterocycles. The molecule has 1 N–H and O–H groups in total. The summed E-state index contributed by atoms with van der Waals surface area (Å²) >= 11 is 0. The third-order valence-corrected chi connectivity index (χ3v) is 8.63. The molecule has 0 aliphatic heterocycles. The van der Waals surface area contributed by atoms with Crippen LogP contribution < -0.4 is 5.32 Å². The third-order valence-electron chi connectivity index (χ3n) is 8.63. The maximum atomic E-state index is 14.1. The molecule has 2 fully saturated rings. The summed E-state index contributed by atoms with van der Waals surface area (Å²) in [6.45, 7) is 0. The molecule has 1 unspecified atom stereocenters. The van der Waals surface area contributed by atoms with Crippen molar-refractivity contribution in [1.82, 2.24) is 14.9 Å².